The maximum absolute atomic E-state index is 12.9. The fourth-order valence-corrected chi connectivity index (χ4v) is 1.23. The van der Waals surface area contributed by atoms with Gasteiger partial charge in [0.2, 0.25) is 0 Å². The Hall–Kier alpha value is -1.14. The molecule has 0 aliphatic carbocycles. The normalized spacial score (nSPS) is 11.8. The quantitative estimate of drug-likeness (QED) is 0.619. The van der Waals surface area contributed by atoms with Gasteiger partial charge in [-0.25, -0.2) is 4.39 Å². The van der Waals surface area contributed by atoms with Gasteiger partial charge in [-0.15, -0.1) is 0 Å². The van der Waals surface area contributed by atoms with Crippen LogP contribution in [0.1, 0.15) is 11.1 Å². The van der Waals surface area contributed by atoms with E-state index in [1.165, 1.54) is 0 Å². The Kier molecular flexibility index (Phi) is 4.26. The summed E-state index contributed by atoms with van der Waals surface area (Å²) >= 11 is 0. The predicted octanol–water partition coefficient (Wildman–Crippen LogP) is 1.93. The van der Waals surface area contributed by atoms with Gasteiger partial charge in [0.1, 0.15) is 5.82 Å². The summed E-state index contributed by atoms with van der Waals surface area (Å²) in [4.78, 5) is 0. The summed E-state index contributed by atoms with van der Waals surface area (Å²) in [6.45, 7) is 0.209. The van der Waals surface area contributed by atoms with Crippen molar-refractivity contribution in [3.8, 4) is 0 Å². The smallest absolute Gasteiger partial charge is 0.395 e. The largest absolute Gasteiger partial charge is 0.416 e. The second-order valence-electron chi connectivity index (χ2n) is 3.25. The van der Waals surface area contributed by atoms with Gasteiger partial charge in [0, 0.05) is 13.1 Å². The summed E-state index contributed by atoms with van der Waals surface area (Å²) in [6, 6.07) is 2.36. The van der Waals surface area contributed by atoms with Crippen LogP contribution in [-0.2, 0) is 12.7 Å². The lowest BCUT2D eigenvalue weighted by atomic mass is 10.1. The number of alkyl halides is 3. The molecule has 0 atom stereocenters. The van der Waals surface area contributed by atoms with Crippen LogP contribution < -0.4 is 5.32 Å². The number of nitrogens with one attached hydrogen (secondary N) is 1. The number of rotatable bonds is 4. The molecule has 0 aromatic heterocycles. The Morgan fingerprint density at radius 2 is 1.88 bits per heavy atom. The van der Waals surface area contributed by atoms with Crippen molar-refractivity contribution in [1.82, 2.24) is 5.32 Å². The minimum Gasteiger partial charge on any atom is -0.395 e. The molecule has 0 heterocycles. The van der Waals surface area contributed by atoms with E-state index in [2.05, 4.69) is 5.32 Å². The molecular formula is C10H11F4NO. The van der Waals surface area contributed by atoms with Crippen molar-refractivity contribution in [2.45, 2.75) is 12.7 Å². The summed E-state index contributed by atoms with van der Waals surface area (Å²) in [5.41, 5.74) is -0.811. The van der Waals surface area contributed by atoms with Gasteiger partial charge >= 0.3 is 6.18 Å². The fraction of sp³-hybridized carbons (Fsp3) is 0.400. The third-order valence-corrected chi connectivity index (χ3v) is 1.90. The van der Waals surface area contributed by atoms with Crippen molar-refractivity contribution < 1.29 is 22.7 Å². The minimum absolute atomic E-state index is 0.0847. The van der Waals surface area contributed by atoms with Gasteiger partial charge in [-0.1, -0.05) is 0 Å². The van der Waals surface area contributed by atoms with Crippen molar-refractivity contribution in [3.05, 3.63) is 35.1 Å². The third-order valence-electron chi connectivity index (χ3n) is 1.90. The molecule has 16 heavy (non-hydrogen) atoms. The van der Waals surface area contributed by atoms with Crippen LogP contribution in [0.4, 0.5) is 17.6 Å². The van der Waals surface area contributed by atoms with Crippen LogP contribution in [0.25, 0.3) is 0 Å². The SMILES string of the molecule is OCCNCc1cc(F)cc(C(F)(F)F)c1. The van der Waals surface area contributed by atoms with E-state index >= 15 is 0 Å². The zero-order chi connectivity index (χ0) is 12.2. The van der Waals surface area contributed by atoms with Crippen molar-refractivity contribution in [2.24, 2.45) is 0 Å². The summed E-state index contributed by atoms with van der Waals surface area (Å²) in [7, 11) is 0. The minimum atomic E-state index is -4.55. The number of hydrogen-bond donors (Lipinski definition) is 2. The molecule has 0 aliphatic rings. The van der Waals surface area contributed by atoms with E-state index in [1.54, 1.807) is 0 Å². The number of hydrogen-bond acceptors (Lipinski definition) is 2. The van der Waals surface area contributed by atoms with Gasteiger partial charge in [-0.3, -0.25) is 0 Å². The molecule has 6 heteroatoms. The molecule has 0 radical (unpaired) electrons. The maximum atomic E-state index is 12.9. The molecule has 2 N–H and O–H groups in total. The molecule has 0 saturated carbocycles. The van der Waals surface area contributed by atoms with Crippen LogP contribution in [0, 0.1) is 5.82 Å². The summed E-state index contributed by atoms with van der Waals surface area (Å²) in [6.07, 6.45) is -4.55. The summed E-state index contributed by atoms with van der Waals surface area (Å²) in [5.74, 6) is -0.921. The lowest BCUT2D eigenvalue weighted by Crippen LogP contribution is -2.18. The van der Waals surface area contributed by atoms with Crippen molar-refractivity contribution in [3.63, 3.8) is 0 Å². The van der Waals surface area contributed by atoms with Crippen LogP contribution in [-0.4, -0.2) is 18.3 Å². The first-order valence-electron chi connectivity index (χ1n) is 4.61. The molecule has 0 amide bonds. The lowest BCUT2D eigenvalue weighted by molar-refractivity contribution is -0.137. The fourth-order valence-electron chi connectivity index (χ4n) is 1.23. The second-order valence-corrected chi connectivity index (χ2v) is 3.25. The van der Waals surface area contributed by atoms with E-state index in [0.717, 1.165) is 12.1 Å². The zero-order valence-corrected chi connectivity index (χ0v) is 8.31. The molecule has 1 aromatic rings. The number of aliphatic hydroxyl groups excluding tert-OH is 1. The molecule has 0 unspecified atom stereocenters. The standard InChI is InChI=1S/C10H11F4NO/c11-9-4-7(6-15-1-2-16)3-8(5-9)10(12,13)14/h3-5,15-16H,1-2,6H2. The van der Waals surface area contributed by atoms with Crippen molar-refractivity contribution in [1.29, 1.82) is 0 Å². The lowest BCUT2D eigenvalue weighted by Gasteiger charge is -2.09. The van der Waals surface area contributed by atoms with Gasteiger partial charge in [0.15, 0.2) is 0 Å². The monoisotopic (exact) mass is 237 g/mol. The molecule has 1 aromatic carbocycles. The van der Waals surface area contributed by atoms with Gasteiger partial charge < -0.3 is 10.4 Å². The van der Waals surface area contributed by atoms with E-state index in [-0.39, 0.29) is 25.3 Å². The van der Waals surface area contributed by atoms with Crippen LogP contribution in [0.2, 0.25) is 0 Å². The van der Waals surface area contributed by atoms with Gasteiger partial charge in [-0.05, 0) is 23.8 Å². The van der Waals surface area contributed by atoms with E-state index in [0.29, 0.717) is 6.07 Å². The topological polar surface area (TPSA) is 32.3 Å². The summed E-state index contributed by atoms with van der Waals surface area (Å²) in [5, 5.41) is 11.1. The highest BCUT2D eigenvalue weighted by Crippen LogP contribution is 2.30. The van der Waals surface area contributed by atoms with Gasteiger partial charge in [0.25, 0.3) is 0 Å². The average molecular weight is 237 g/mol. The average Bonchev–Trinajstić information content (AvgIpc) is 2.16. The molecule has 0 saturated heterocycles. The molecule has 0 spiro atoms. The van der Waals surface area contributed by atoms with E-state index in [4.69, 9.17) is 5.11 Å². The zero-order valence-electron chi connectivity index (χ0n) is 8.31. The van der Waals surface area contributed by atoms with Crippen molar-refractivity contribution >= 4 is 0 Å². The Bertz CT molecular complexity index is 351. The molecule has 90 valence electrons. The first-order chi connectivity index (χ1) is 7.43. The highest BCUT2D eigenvalue weighted by atomic mass is 19.4. The second kappa shape index (κ2) is 5.27. The molecule has 0 bridgehead atoms. The first-order valence-corrected chi connectivity index (χ1v) is 4.61. The molecular weight excluding hydrogens is 226 g/mol. The van der Waals surface area contributed by atoms with Gasteiger partial charge in [0.05, 0.1) is 12.2 Å². The molecule has 2 nitrogen and oxygen atoms in total. The van der Waals surface area contributed by atoms with Crippen LogP contribution >= 0.6 is 0 Å². The summed E-state index contributed by atoms with van der Waals surface area (Å²) < 4.78 is 49.8. The van der Waals surface area contributed by atoms with E-state index < -0.39 is 17.6 Å². The highest BCUT2D eigenvalue weighted by molar-refractivity contribution is 5.26. The Balaban J connectivity index is 2.82. The van der Waals surface area contributed by atoms with Gasteiger partial charge in [-0.2, -0.15) is 13.2 Å². The Labute approximate surface area is 89.9 Å². The Morgan fingerprint density at radius 1 is 1.19 bits per heavy atom. The maximum Gasteiger partial charge on any atom is 0.416 e. The molecule has 0 fully saturated rings. The first kappa shape index (κ1) is 12.9. The number of aliphatic hydroxyl groups is 1. The Morgan fingerprint density at radius 3 is 2.44 bits per heavy atom. The molecule has 1 rings (SSSR count). The number of benzene rings is 1. The predicted molar refractivity (Wildman–Crippen MR) is 50.2 cm³/mol. The van der Waals surface area contributed by atoms with Crippen LogP contribution in [0.3, 0.4) is 0 Å². The third kappa shape index (κ3) is 3.79. The van der Waals surface area contributed by atoms with Crippen LogP contribution in [0.5, 0.6) is 0 Å². The highest BCUT2D eigenvalue weighted by Gasteiger charge is 2.31. The van der Waals surface area contributed by atoms with E-state index in [1.807, 2.05) is 0 Å². The van der Waals surface area contributed by atoms with Crippen molar-refractivity contribution in [2.75, 3.05) is 13.2 Å². The van der Waals surface area contributed by atoms with E-state index in [9.17, 15) is 17.6 Å². The molecule has 0 aliphatic heterocycles. The number of halogens is 4. The van der Waals surface area contributed by atoms with Crippen LogP contribution in [0.15, 0.2) is 18.2 Å².